The summed E-state index contributed by atoms with van der Waals surface area (Å²) in [7, 11) is 0. The van der Waals surface area contributed by atoms with Gasteiger partial charge in [0.15, 0.2) is 0 Å². The molecule has 1 amide bonds. The van der Waals surface area contributed by atoms with Crippen molar-refractivity contribution in [3.63, 3.8) is 0 Å². The van der Waals surface area contributed by atoms with E-state index in [9.17, 15) is 32.3 Å². The average Bonchev–Trinajstić information content (AvgIpc) is 3.40. The van der Waals surface area contributed by atoms with Gasteiger partial charge in [-0.3, -0.25) is 14.5 Å². The summed E-state index contributed by atoms with van der Waals surface area (Å²) in [5, 5.41) is 11.1. The van der Waals surface area contributed by atoms with Gasteiger partial charge in [0.25, 0.3) is 11.7 Å². The third-order valence-electron chi connectivity index (χ3n) is 6.06. The summed E-state index contributed by atoms with van der Waals surface area (Å²) >= 11 is 0. The molecule has 3 aromatic rings. The lowest BCUT2D eigenvalue weighted by atomic mass is 9.94. The molecule has 2 aliphatic heterocycles. The highest BCUT2D eigenvalue weighted by molar-refractivity contribution is 6.51. The predicted molar refractivity (Wildman–Crippen MR) is 118 cm³/mol. The molecule has 0 radical (unpaired) electrons. The van der Waals surface area contributed by atoms with Gasteiger partial charge in [-0.25, -0.2) is 4.39 Å². The monoisotopic (exact) mass is 483 g/mol. The molecular formula is C26H17F4NO4. The zero-order chi connectivity index (χ0) is 24.9. The zero-order valence-corrected chi connectivity index (χ0v) is 18.0. The van der Waals surface area contributed by atoms with Crippen molar-refractivity contribution in [1.82, 2.24) is 0 Å². The van der Waals surface area contributed by atoms with Crippen LogP contribution >= 0.6 is 0 Å². The zero-order valence-electron chi connectivity index (χ0n) is 18.0. The van der Waals surface area contributed by atoms with Gasteiger partial charge in [0.05, 0.1) is 23.8 Å². The molecule has 35 heavy (non-hydrogen) atoms. The first-order valence-corrected chi connectivity index (χ1v) is 10.7. The number of ketones is 1. The number of hydrogen-bond donors (Lipinski definition) is 1. The van der Waals surface area contributed by atoms with E-state index < -0.39 is 46.6 Å². The Morgan fingerprint density at radius 3 is 2.51 bits per heavy atom. The Morgan fingerprint density at radius 2 is 1.77 bits per heavy atom. The molecule has 2 heterocycles. The largest absolute Gasteiger partial charge is 0.507 e. The number of benzene rings is 3. The minimum atomic E-state index is -4.70. The number of nitrogens with zero attached hydrogens (tertiary/aromatic N) is 1. The molecule has 1 fully saturated rings. The summed E-state index contributed by atoms with van der Waals surface area (Å²) in [4.78, 5) is 27.0. The molecule has 2 aliphatic rings. The molecule has 5 rings (SSSR count). The number of aliphatic hydroxyl groups is 1. The molecule has 0 aliphatic carbocycles. The number of Topliss-reactive ketones (excluding diaryl/α,β-unsaturated/α-hetero) is 1. The fraction of sp³-hybridized carbons (Fsp3) is 0.154. The topological polar surface area (TPSA) is 66.8 Å². The van der Waals surface area contributed by atoms with Crippen LogP contribution in [0.1, 0.15) is 28.3 Å². The molecule has 0 aromatic heterocycles. The molecule has 1 atom stereocenters. The maximum Gasteiger partial charge on any atom is 0.416 e. The first-order valence-electron chi connectivity index (χ1n) is 10.7. The van der Waals surface area contributed by atoms with Gasteiger partial charge in [-0.1, -0.05) is 24.3 Å². The fourth-order valence-corrected chi connectivity index (χ4v) is 4.41. The van der Waals surface area contributed by atoms with Crippen molar-refractivity contribution < 1.29 is 37.0 Å². The Labute approximate surface area is 196 Å². The normalized spacial score (nSPS) is 19.1. The highest BCUT2D eigenvalue weighted by Gasteiger charge is 2.48. The van der Waals surface area contributed by atoms with Gasteiger partial charge in [0.2, 0.25) is 0 Å². The van der Waals surface area contributed by atoms with Crippen LogP contribution in [0.25, 0.3) is 5.76 Å². The molecule has 178 valence electrons. The van der Waals surface area contributed by atoms with Crippen LogP contribution < -0.4 is 9.64 Å². The van der Waals surface area contributed by atoms with Crippen LogP contribution in [-0.2, 0) is 22.2 Å². The lowest BCUT2D eigenvalue weighted by Crippen LogP contribution is -2.30. The van der Waals surface area contributed by atoms with Crippen molar-refractivity contribution in [1.29, 1.82) is 0 Å². The molecule has 1 N–H and O–H groups in total. The number of alkyl halides is 3. The van der Waals surface area contributed by atoms with Gasteiger partial charge in [0, 0.05) is 23.2 Å². The third kappa shape index (κ3) is 3.82. The standard InChI is InChI=1S/C26H17F4NO4/c27-19-7-2-1-6-18(19)22-21(23(32)15-8-9-20-14(12-15)10-11-35-20)24(33)25(34)31(22)17-5-3-4-16(13-17)26(28,29)30/h1-9,12-13,22,32H,10-11H2/b23-21+. The van der Waals surface area contributed by atoms with Gasteiger partial charge >= 0.3 is 6.18 Å². The van der Waals surface area contributed by atoms with Gasteiger partial charge < -0.3 is 9.84 Å². The second-order valence-electron chi connectivity index (χ2n) is 8.16. The van der Waals surface area contributed by atoms with Crippen molar-refractivity contribution in [3.8, 4) is 5.75 Å². The molecule has 1 saturated heterocycles. The van der Waals surface area contributed by atoms with Crippen molar-refractivity contribution in [2.24, 2.45) is 0 Å². The summed E-state index contributed by atoms with van der Waals surface area (Å²) in [6.45, 7) is 0.453. The number of amides is 1. The van der Waals surface area contributed by atoms with Gasteiger partial charge in [0.1, 0.15) is 17.3 Å². The third-order valence-corrected chi connectivity index (χ3v) is 6.06. The number of halogens is 4. The first kappa shape index (κ1) is 22.6. The van der Waals surface area contributed by atoms with Crippen LogP contribution in [0.2, 0.25) is 0 Å². The SMILES string of the molecule is O=C1C(=O)N(c2cccc(C(F)(F)F)c2)C(c2ccccc2F)/C1=C(\O)c1ccc2c(c1)CCO2. The van der Waals surface area contributed by atoms with E-state index in [4.69, 9.17) is 4.74 Å². The smallest absolute Gasteiger partial charge is 0.416 e. The van der Waals surface area contributed by atoms with E-state index in [2.05, 4.69) is 0 Å². The maximum absolute atomic E-state index is 14.9. The summed E-state index contributed by atoms with van der Waals surface area (Å²) in [6.07, 6.45) is -4.13. The molecule has 0 bridgehead atoms. The number of rotatable bonds is 3. The van der Waals surface area contributed by atoms with Crippen LogP contribution in [0.4, 0.5) is 23.2 Å². The minimum absolute atomic E-state index is 0.143. The molecule has 0 spiro atoms. The molecule has 0 saturated carbocycles. The highest BCUT2D eigenvalue weighted by atomic mass is 19.4. The number of anilines is 1. The number of fused-ring (bicyclic) bond motifs is 1. The van der Waals surface area contributed by atoms with Crippen LogP contribution in [0, 0.1) is 5.82 Å². The summed E-state index contributed by atoms with van der Waals surface area (Å²) in [6, 6.07) is 12.4. The van der Waals surface area contributed by atoms with Gasteiger partial charge in [-0.15, -0.1) is 0 Å². The second-order valence-corrected chi connectivity index (χ2v) is 8.16. The van der Waals surface area contributed by atoms with E-state index in [1.165, 1.54) is 30.3 Å². The van der Waals surface area contributed by atoms with Crippen LogP contribution in [-0.4, -0.2) is 23.4 Å². The lowest BCUT2D eigenvalue weighted by Gasteiger charge is -2.26. The number of ether oxygens (including phenoxy) is 1. The lowest BCUT2D eigenvalue weighted by molar-refractivity contribution is -0.137. The van der Waals surface area contributed by atoms with Crippen LogP contribution in [0.15, 0.2) is 72.3 Å². The number of carbonyl (C=O) groups is 2. The Morgan fingerprint density at radius 1 is 1.00 bits per heavy atom. The van der Waals surface area contributed by atoms with Crippen molar-refractivity contribution in [2.45, 2.75) is 18.6 Å². The average molecular weight is 483 g/mol. The van der Waals surface area contributed by atoms with Crippen molar-refractivity contribution >= 4 is 23.1 Å². The Kier molecular flexibility index (Phi) is 5.35. The second kappa shape index (κ2) is 8.26. The number of hydrogen-bond acceptors (Lipinski definition) is 4. The van der Waals surface area contributed by atoms with E-state index in [1.807, 2.05) is 0 Å². The first-order chi connectivity index (χ1) is 16.7. The van der Waals surface area contributed by atoms with E-state index in [0.717, 1.165) is 28.7 Å². The van der Waals surface area contributed by atoms with Crippen LogP contribution in [0.3, 0.4) is 0 Å². The maximum atomic E-state index is 14.9. The van der Waals surface area contributed by atoms with Crippen LogP contribution in [0.5, 0.6) is 5.75 Å². The molecular weight excluding hydrogens is 466 g/mol. The summed E-state index contributed by atoms with van der Waals surface area (Å²) < 4.78 is 60.4. The van der Waals surface area contributed by atoms with E-state index in [1.54, 1.807) is 12.1 Å². The van der Waals surface area contributed by atoms with Gasteiger partial charge in [-0.2, -0.15) is 13.2 Å². The Hall–Kier alpha value is -4.14. The van der Waals surface area contributed by atoms with Crippen molar-refractivity contribution in [3.05, 3.63) is 100 Å². The van der Waals surface area contributed by atoms with E-state index in [-0.39, 0.29) is 16.8 Å². The molecule has 9 heteroatoms. The van der Waals surface area contributed by atoms with Crippen molar-refractivity contribution in [2.75, 3.05) is 11.5 Å². The summed E-state index contributed by atoms with van der Waals surface area (Å²) in [5.41, 5.74) is -0.868. The quantitative estimate of drug-likeness (QED) is 0.234. The van der Waals surface area contributed by atoms with E-state index in [0.29, 0.717) is 24.8 Å². The Bertz CT molecular complexity index is 1400. The number of aliphatic hydroxyl groups excluding tert-OH is 1. The molecule has 5 nitrogen and oxygen atoms in total. The molecule has 1 unspecified atom stereocenters. The fourth-order valence-electron chi connectivity index (χ4n) is 4.41. The van der Waals surface area contributed by atoms with Gasteiger partial charge in [-0.05, 0) is 48.0 Å². The van der Waals surface area contributed by atoms with E-state index >= 15 is 0 Å². The molecule has 3 aromatic carbocycles. The number of carbonyl (C=O) groups excluding carboxylic acids is 2. The summed E-state index contributed by atoms with van der Waals surface area (Å²) in [5.74, 6) is -3.03. The highest BCUT2D eigenvalue weighted by Crippen LogP contribution is 2.44. The Balaban J connectivity index is 1.72. The minimum Gasteiger partial charge on any atom is -0.507 e. The predicted octanol–water partition coefficient (Wildman–Crippen LogP) is 5.41.